The van der Waals surface area contributed by atoms with Crippen LogP contribution in [-0.4, -0.2) is 161 Å². The molecule has 3 aliphatic heterocycles. The largest absolute Gasteiger partial charge is 0.377 e. The van der Waals surface area contributed by atoms with Gasteiger partial charge in [-0.1, -0.05) is 45.9 Å². The fourth-order valence-electron chi connectivity index (χ4n) is 12.1. The number of hydrogen-bond donors (Lipinski definition) is 2. The van der Waals surface area contributed by atoms with Crippen molar-refractivity contribution in [1.82, 2.24) is 59.1 Å². The number of thiazole rings is 2. The first kappa shape index (κ1) is 54.0. The molecule has 0 spiro atoms. The van der Waals surface area contributed by atoms with Gasteiger partial charge in [-0.25, -0.2) is 19.3 Å². The van der Waals surface area contributed by atoms with Crippen LogP contribution in [0.5, 0.6) is 0 Å². The molecular weight excluding hydrogens is 1120 g/mol. The van der Waals surface area contributed by atoms with Gasteiger partial charge in [-0.05, 0) is 106 Å². The summed E-state index contributed by atoms with van der Waals surface area (Å²) in [7, 11) is 0. The highest BCUT2D eigenvalue weighted by molar-refractivity contribution is 7.19. The van der Waals surface area contributed by atoms with Gasteiger partial charge in [-0.15, -0.1) is 0 Å². The van der Waals surface area contributed by atoms with Gasteiger partial charge >= 0.3 is 0 Å². The van der Waals surface area contributed by atoms with Crippen molar-refractivity contribution in [2.24, 2.45) is 0 Å². The minimum atomic E-state index is -0.226. The van der Waals surface area contributed by atoms with E-state index in [9.17, 15) is 19.2 Å². The SMILES string of the molecule is CC(=O)Nc1nc2c(s1)-c1c(c(-c3cccnc3)nn1-c1ccc(C(=O)N3CCCN(CC4Cc5c(-c6cccnc6)nn(-c6ccc(C(=O)N7CCN(CC8CCCO8)CC7)cc6Cl)c5-c5sc(NC(C)=O)nc54)CC3)cc1Cl)CC2. The molecule has 19 nitrogen and oxygen atoms in total. The first-order chi connectivity index (χ1) is 39.9. The number of benzene rings is 2. The minimum absolute atomic E-state index is 0.0617. The molecule has 3 fully saturated rings. The Balaban J connectivity index is 0.746. The van der Waals surface area contributed by atoms with E-state index >= 15 is 0 Å². The number of amides is 4. The van der Waals surface area contributed by atoms with E-state index in [1.54, 1.807) is 30.7 Å². The summed E-state index contributed by atoms with van der Waals surface area (Å²) in [5.41, 5.74) is 10.9. The van der Waals surface area contributed by atoms with Crippen LogP contribution in [0.4, 0.5) is 10.3 Å². The van der Waals surface area contributed by atoms with Crippen molar-refractivity contribution in [2.45, 2.75) is 64.4 Å². The summed E-state index contributed by atoms with van der Waals surface area (Å²) in [5.74, 6) is -0.700. The second-order valence-electron chi connectivity index (χ2n) is 21.5. The zero-order valence-electron chi connectivity index (χ0n) is 45.2. The number of nitrogens with zero attached hydrogens (tertiary/aromatic N) is 12. The van der Waals surface area contributed by atoms with Crippen molar-refractivity contribution in [3.8, 4) is 55.0 Å². The maximum absolute atomic E-state index is 14.5. The van der Waals surface area contributed by atoms with E-state index in [4.69, 9.17) is 48.1 Å². The predicted molar refractivity (Wildman–Crippen MR) is 317 cm³/mol. The van der Waals surface area contributed by atoms with Crippen molar-refractivity contribution in [1.29, 1.82) is 0 Å². The minimum Gasteiger partial charge on any atom is -0.377 e. The molecule has 2 N–H and O–H groups in total. The molecule has 2 aromatic carbocycles. The quantitative estimate of drug-likeness (QED) is 0.117. The lowest BCUT2D eigenvalue weighted by Gasteiger charge is -2.35. The summed E-state index contributed by atoms with van der Waals surface area (Å²) in [6.07, 6.45) is 12.2. The average Bonchev–Trinajstić information content (AvgIpc) is 4.02. The molecule has 3 saturated heterocycles. The van der Waals surface area contributed by atoms with Gasteiger partial charge in [0.05, 0.1) is 71.4 Å². The molecule has 5 aliphatic rings. The molecule has 0 bridgehead atoms. The number of pyridine rings is 2. The molecular formula is C59H58Cl2N14O5S2. The Morgan fingerprint density at radius 1 is 0.646 bits per heavy atom. The monoisotopic (exact) mass is 1180 g/mol. The van der Waals surface area contributed by atoms with Gasteiger partial charge in [0.25, 0.3) is 11.8 Å². The molecule has 0 saturated carbocycles. The van der Waals surface area contributed by atoms with E-state index < -0.39 is 0 Å². The third-order valence-electron chi connectivity index (χ3n) is 16.0. The van der Waals surface area contributed by atoms with Crippen molar-refractivity contribution >= 4 is 79.8 Å². The van der Waals surface area contributed by atoms with Gasteiger partial charge in [-0.2, -0.15) is 10.2 Å². The van der Waals surface area contributed by atoms with Gasteiger partial charge in [0.15, 0.2) is 10.3 Å². The molecule has 13 rings (SSSR count). The summed E-state index contributed by atoms with van der Waals surface area (Å²) < 4.78 is 9.57. The Bertz CT molecular complexity index is 3780. The van der Waals surface area contributed by atoms with E-state index in [1.165, 1.54) is 36.5 Å². The average molecular weight is 1180 g/mol. The maximum atomic E-state index is 14.5. The summed E-state index contributed by atoms with van der Waals surface area (Å²) in [6.45, 7) is 10.6. The number of aromatic nitrogens is 8. The molecule has 9 heterocycles. The molecule has 420 valence electrons. The normalized spacial score (nSPS) is 18.1. The molecule has 0 radical (unpaired) electrons. The predicted octanol–water partition coefficient (Wildman–Crippen LogP) is 9.18. The first-order valence-corrected chi connectivity index (χ1v) is 30.1. The number of rotatable bonds is 12. The summed E-state index contributed by atoms with van der Waals surface area (Å²) >= 11 is 17.2. The lowest BCUT2D eigenvalue weighted by atomic mass is 9.86. The third-order valence-corrected chi connectivity index (χ3v) is 18.6. The Morgan fingerprint density at radius 2 is 1.22 bits per heavy atom. The van der Waals surface area contributed by atoms with E-state index in [1.807, 2.05) is 73.9 Å². The topological polar surface area (TPSA) is 202 Å². The van der Waals surface area contributed by atoms with Crippen molar-refractivity contribution < 1.29 is 23.9 Å². The highest BCUT2D eigenvalue weighted by Gasteiger charge is 2.38. The third kappa shape index (κ3) is 10.6. The van der Waals surface area contributed by atoms with E-state index in [0.29, 0.717) is 101 Å². The number of carbonyl (C=O) groups excluding carboxylic acids is 4. The summed E-state index contributed by atoms with van der Waals surface area (Å²) in [4.78, 5) is 82.2. The second-order valence-corrected chi connectivity index (χ2v) is 24.3. The van der Waals surface area contributed by atoms with Crippen LogP contribution in [0.25, 0.3) is 55.0 Å². The maximum Gasteiger partial charge on any atom is 0.253 e. The van der Waals surface area contributed by atoms with Crippen molar-refractivity contribution in [3.63, 3.8) is 0 Å². The summed E-state index contributed by atoms with van der Waals surface area (Å²) in [6, 6.07) is 18.6. The Hall–Kier alpha value is -7.24. The second kappa shape index (κ2) is 22.8. The number of ether oxygens (including phenoxy) is 1. The first-order valence-electron chi connectivity index (χ1n) is 27.8. The van der Waals surface area contributed by atoms with Crippen LogP contribution in [0, 0.1) is 0 Å². The molecule has 2 aliphatic carbocycles. The van der Waals surface area contributed by atoms with Crippen molar-refractivity contribution in [2.75, 3.05) is 82.7 Å². The van der Waals surface area contributed by atoms with Gasteiger partial charge in [0, 0.05) is 143 Å². The Labute approximate surface area is 491 Å². The van der Waals surface area contributed by atoms with Gasteiger partial charge in [0.1, 0.15) is 0 Å². The van der Waals surface area contributed by atoms with Crippen LogP contribution in [0.2, 0.25) is 10.0 Å². The number of piperazine rings is 1. The van der Waals surface area contributed by atoms with Crippen LogP contribution >= 0.6 is 45.9 Å². The lowest BCUT2D eigenvalue weighted by Crippen LogP contribution is -2.50. The smallest absolute Gasteiger partial charge is 0.253 e. The fraction of sp³-hybridized carbons (Fsp3) is 0.356. The van der Waals surface area contributed by atoms with Gasteiger partial charge in [0.2, 0.25) is 11.8 Å². The Morgan fingerprint density at radius 3 is 1.79 bits per heavy atom. The molecule has 23 heteroatoms. The number of anilines is 2. The van der Waals surface area contributed by atoms with Crippen LogP contribution in [-0.2, 0) is 33.6 Å². The number of halogens is 2. The fourth-order valence-corrected chi connectivity index (χ4v) is 14.9. The number of carbonyl (C=O) groups is 4. The number of aryl methyl sites for hydroxylation is 1. The summed E-state index contributed by atoms with van der Waals surface area (Å²) in [5, 5.41) is 18.0. The van der Waals surface area contributed by atoms with Crippen LogP contribution in [0.1, 0.15) is 82.3 Å². The number of hydrogen-bond acceptors (Lipinski definition) is 15. The number of nitrogens with one attached hydrogen (secondary N) is 2. The van der Waals surface area contributed by atoms with Gasteiger partial charge < -0.3 is 30.1 Å². The molecule has 6 aromatic heterocycles. The van der Waals surface area contributed by atoms with E-state index in [0.717, 1.165) is 118 Å². The molecule has 2 unspecified atom stereocenters. The zero-order chi connectivity index (χ0) is 56.2. The van der Waals surface area contributed by atoms with Crippen molar-refractivity contribution in [3.05, 3.63) is 129 Å². The highest BCUT2D eigenvalue weighted by atomic mass is 35.5. The van der Waals surface area contributed by atoms with Crippen LogP contribution in [0.15, 0.2) is 85.5 Å². The van der Waals surface area contributed by atoms with E-state index in [2.05, 4.69) is 30.4 Å². The Kier molecular flexibility index (Phi) is 15.0. The standard InChI is InChI=1S/C59H58Cl2N14O5S2/c1-34(76)64-58-66-46-13-12-42-49(38-7-3-16-62-30-38)68-74(52(42)54(46)81-58)47-14-10-36(28-44(47)60)56(78)72-19-6-18-70(20-23-72)32-40-27-43-50(39-8-4-17-63-31-39)69-75(53(43)55-51(40)67-59(82-55)65-35(2)77)48-15-11-37(29-45(48)61)57(79)73-24-21-71(22-25-73)33-41-9-5-26-80-41/h3-4,7-8,10-11,14-17,28-31,40-41H,5-6,9,12-13,18-27,32-33H2,1-2H3,(H,64,66,76)(H,65,67,77). The van der Waals surface area contributed by atoms with Crippen LogP contribution < -0.4 is 10.6 Å². The molecule has 8 aromatic rings. The van der Waals surface area contributed by atoms with E-state index in [-0.39, 0.29) is 35.7 Å². The molecule has 4 amide bonds. The highest BCUT2D eigenvalue weighted by Crippen LogP contribution is 2.49. The molecule has 82 heavy (non-hydrogen) atoms. The van der Waals surface area contributed by atoms with Gasteiger partial charge in [-0.3, -0.25) is 34.0 Å². The zero-order valence-corrected chi connectivity index (χ0v) is 48.4. The lowest BCUT2D eigenvalue weighted by molar-refractivity contribution is -0.115. The molecule has 2 atom stereocenters. The number of fused-ring (bicyclic) bond motifs is 6. The van der Waals surface area contributed by atoms with Crippen LogP contribution in [0.3, 0.4) is 0 Å².